The molecule has 1 aliphatic rings. The third-order valence-electron chi connectivity index (χ3n) is 9.14. The first-order valence-electron chi connectivity index (χ1n) is 18.7. The quantitative estimate of drug-likeness (QED) is 0.134. The summed E-state index contributed by atoms with van der Waals surface area (Å²) in [4.78, 5) is 20.3. The number of carbonyl (C=O) groups is 1. The van der Waals surface area contributed by atoms with Gasteiger partial charge in [0.05, 0.1) is 5.69 Å². The van der Waals surface area contributed by atoms with Crippen molar-refractivity contribution < 1.29 is 15.0 Å². The number of hydrogen-bond donors (Lipinski definition) is 2. The van der Waals surface area contributed by atoms with E-state index in [4.69, 9.17) is 0 Å². The van der Waals surface area contributed by atoms with Crippen molar-refractivity contribution in [3.05, 3.63) is 77.9 Å². The van der Waals surface area contributed by atoms with Gasteiger partial charge in [-0.05, 0) is 98.5 Å². The number of nitrogens with zero attached hydrogens (tertiary/aromatic N) is 2. The van der Waals surface area contributed by atoms with Crippen molar-refractivity contribution in [3.63, 3.8) is 0 Å². The summed E-state index contributed by atoms with van der Waals surface area (Å²) in [6.45, 7) is 19.4. The average molecular weight is 657 g/mol. The molecule has 4 rings (SSSR count). The highest BCUT2D eigenvalue weighted by molar-refractivity contribution is 6.06. The molecule has 5 nitrogen and oxygen atoms in total. The van der Waals surface area contributed by atoms with Crippen LogP contribution in [0.2, 0.25) is 0 Å². The summed E-state index contributed by atoms with van der Waals surface area (Å²) < 4.78 is 0. The molecule has 1 fully saturated rings. The molecule has 0 saturated carbocycles. The van der Waals surface area contributed by atoms with E-state index in [2.05, 4.69) is 51.4 Å². The zero-order chi connectivity index (χ0) is 35.3. The number of phenolic OH excluding ortho intramolecular Hbond substituents is 2. The summed E-state index contributed by atoms with van der Waals surface area (Å²) in [5, 5.41) is 19.6. The molecule has 0 radical (unpaired) electrons. The van der Waals surface area contributed by atoms with Crippen LogP contribution >= 0.6 is 0 Å². The molecular formula is C43H64N2O3. The maximum absolute atomic E-state index is 12.9. The zero-order valence-corrected chi connectivity index (χ0v) is 31.1. The number of Topliss-reactive ketones (excluding diaryl/α,β-unsaturated/α-hetero) is 1. The van der Waals surface area contributed by atoms with E-state index in [0.717, 1.165) is 35.8 Å². The lowest BCUT2D eigenvalue weighted by atomic mass is 9.94. The van der Waals surface area contributed by atoms with Crippen molar-refractivity contribution in [1.82, 2.24) is 4.90 Å². The van der Waals surface area contributed by atoms with E-state index in [0.29, 0.717) is 28.9 Å². The van der Waals surface area contributed by atoms with Gasteiger partial charge < -0.3 is 15.1 Å². The maximum atomic E-state index is 12.9. The Morgan fingerprint density at radius 2 is 1.52 bits per heavy atom. The summed E-state index contributed by atoms with van der Waals surface area (Å²) in [5.74, 6) is 2.30. The number of phenols is 2. The Morgan fingerprint density at radius 3 is 2.15 bits per heavy atom. The number of benzene rings is 3. The molecule has 1 heterocycles. The molecule has 2 unspecified atom stereocenters. The van der Waals surface area contributed by atoms with Gasteiger partial charge in [0.15, 0.2) is 5.78 Å². The molecule has 0 aromatic heterocycles. The standard InChI is InChI=1S/C25H25NO3.C14H29N.C4H10/c1-3-4-8-25(29)22-16-19(18-10-13-20(27)14-11-18)12-15-23(22)26-17(2)21-7-5-6-9-24(21)28;1-4-6-8-13(3)11-15-10-7-9-14(5-2)12-15;1-3-4-2/h5-7,9-16,27-28H,3-4,8H2,1-2H3;13-14H,4-12H2,1-3H3;3-4H2,1-2H3. The van der Waals surface area contributed by atoms with E-state index < -0.39 is 0 Å². The molecular weight excluding hydrogens is 592 g/mol. The lowest BCUT2D eigenvalue weighted by molar-refractivity contribution is 0.0980. The lowest BCUT2D eigenvalue weighted by Gasteiger charge is -2.34. The summed E-state index contributed by atoms with van der Waals surface area (Å²) in [6.07, 6.45) is 13.3. The minimum absolute atomic E-state index is 0.0521. The van der Waals surface area contributed by atoms with Gasteiger partial charge in [0, 0.05) is 36.3 Å². The van der Waals surface area contributed by atoms with Crippen molar-refractivity contribution in [3.8, 4) is 22.6 Å². The third-order valence-corrected chi connectivity index (χ3v) is 9.14. The summed E-state index contributed by atoms with van der Waals surface area (Å²) in [7, 11) is 0. The summed E-state index contributed by atoms with van der Waals surface area (Å²) in [6, 6.07) is 19.5. The van der Waals surface area contributed by atoms with Crippen LogP contribution in [0.4, 0.5) is 5.69 Å². The maximum Gasteiger partial charge on any atom is 0.165 e. The van der Waals surface area contributed by atoms with Gasteiger partial charge in [0.25, 0.3) is 0 Å². The number of para-hydroxylation sites is 1. The summed E-state index contributed by atoms with van der Waals surface area (Å²) in [5.41, 5.74) is 4.25. The van der Waals surface area contributed by atoms with Crippen molar-refractivity contribution in [2.75, 3.05) is 19.6 Å². The number of rotatable bonds is 14. The predicted octanol–water partition coefficient (Wildman–Crippen LogP) is 12.0. The van der Waals surface area contributed by atoms with Gasteiger partial charge in [-0.1, -0.05) is 110 Å². The molecule has 3 aromatic rings. The number of unbranched alkanes of at least 4 members (excludes halogenated alkanes) is 3. The first-order valence-corrected chi connectivity index (χ1v) is 18.7. The van der Waals surface area contributed by atoms with Crippen LogP contribution in [0.5, 0.6) is 11.5 Å². The van der Waals surface area contributed by atoms with Crippen LogP contribution in [0.3, 0.4) is 0 Å². The monoisotopic (exact) mass is 656 g/mol. The Balaban J connectivity index is 0.000000352. The number of likely N-dealkylation sites (tertiary alicyclic amines) is 1. The van der Waals surface area contributed by atoms with Gasteiger partial charge in [-0.3, -0.25) is 9.79 Å². The van der Waals surface area contributed by atoms with E-state index >= 15 is 0 Å². The molecule has 48 heavy (non-hydrogen) atoms. The molecule has 0 spiro atoms. The smallest absolute Gasteiger partial charge is 0.165 e. The van der Waals surface area contributed by atoms with Gasteiger partial charge in [-0.25, -0.2) is 0 Å². The van der Waals surface area contributed by atoms with Crippen LogP contribution in [0.25, 0.3) is 11.1 Å². The fraction of sp³-hybridized carbons (Fsp3) is 0.535. The van der Waals surface area contributed by atoms with Gasteiger partial charge >= 0.3 is 0 Å². The van der Waals surface area contributed by atoms with Crippen LogP contribution in [-0.4, -0.2) is 46.2 Å². The van der Waals surface area contributed by atoms with Crippen LogP contribution in [-0.2, 0) is 0 Å². The molecule has 1 saturated heterocycles. The average Bonchev–Trinajstić information content (AvgIpc) is 3.10. The number of hydrogen-bond acceptors (Lipinski definition) is 5. The number of piperidine rings is 1. The van der Waals surface area contributed by atoms with E-state index in [9.17, 15) is 15.0 Å². The largest absolute Gasteiger partial charge is 0.508 e. The molecule has 0 bridgehead atoms. The Bertz CT molecular complexity index is 1360. The number of carbonyl (C=O) groups excluding carboxylic acids is 1. The molecule has 2 atom stereocenters. The Hall–Kier alpha value is -3.44. The van der Waals surface area contributed by atoms with Gasteiger partial charge in [-0.2, -0.15) is 0 Å². The topological polar surface area (TPSA) is 73.1 Å². The predicted molar refractivity (Wildman–Crippen MR) is 206 cm³/mol. The Morgan fingerprint density at radius 1 is 0.854 bits per heavy atom. The zero-order valence-electron chi connectivity index (χ0n) is 31.1. The molecule has 5 heteroatoms. The summed E-state index contributed by atoms with van der Waals surface area (Å²) >= 11 is 0. The van der Waals surface area contributed by atoms with Crippen LogP contribution in [0.1, 0.15) is 135 Å². The van der Waals surface area contributed by atoms with E-state index in [-0.39, 0.29) is 17.3 Å². The van der Waals surface area contributed by atoms with E-state index in [1.54, 1.807) is 30.3 Å². The number of ketones is 1. The van der Waals surface area contributed by atoms with Crippen molar-refractivity contribution >= 4 is 17.2 Å². The van der Waals surface area contributed by atoms with Crippen molar-refractivity contribution in [2.45, 2.75) is 119 Å². The molecule has 2 N–H and O–H groups in total. The molecule has 0 aliphatic carbocycles. The van der Waals surface area contributed by atoms with Gasteiger partial charge in [0.1, 0.15) is 11.5 Å². The first-order chi connectivity index (χ1) is 23.2. The second-order valence-electron chi connectivity index (χ2n) is 13.4. The van der Waals surface area contributed by atoms with Gasteiger partial charge in [0.2, 0.25) is 0 Å². The molecule has 264 valence electrons. The fourth-order valence-electron chi connectivity index (χ4n) is 5.92. The molecule has 1 aliphatic heterocycles. The third kappa shape index (κ3) is 14.4. The minimum atomic E-state index is 0.0521. The Labute approximate surface area is 292 Å². The fourth-order valence-corrected chi connectivity index (χ4v) is 5.92. The normalized spacial score (nSPS) is 15.5. The molecule has 3 aromatic carbocycles. The Kier molecular flexibility index (Phi) is 19.5. The van der Waals surface area contributed by atoms with Crippen LogP contribution < -0.4 is 0 Å². The first kappa shape index (κ1) is 40.7. The van der Waals surface area contributed by atoms with Crippen LogP contribution in [0, 0.1) is 11.8 Å². The van der Waals surface area contributed by atoms with E-state index in [1.165, 1.54) is 71.0 Å². The van der Waals surface area contributed by atoms with Crippen LogP contribution in [0.15, 0.2) is 71.7 Å². The highest BCUT2D eigenvalue weighted by atomic mass is 16.3. The second-order valence-corrected chi connectivity index (χ2v) is 13.4. The van der Waals surface area contributed by atoms with Gasteiger partial charge in [-0.15, -0.1) is 0 Å². The van der Waals surface area contributed by atoms with E-state index in [1.807, 2.05) is 43.3 Å². The second kappa shape index (κ2) is 23.0. The SMILES string of the molecule is CCCC.CCCCC(=O)c1cc(-c2ccc(O)cc2)ccc1N=C(C)c1ccccc1O.CCCCC(C)CN1CCCC(CC)C1. The van der Waals surface area contributed by atoms with Crippen molar-refractivity contribution in [2.24, 2.45) is 16.8 Å². The van der Waals surface area contributed by atoms with Crippen molar-refractivity contribution in [1.29, 1.82) is 0 Å². The number of aliphatic imine (C=N–C) groups is 1. The minimum Gasteiger partial charge on any atom is -0.508 e. The highest BCUT2D eigenvalue weighted by Gasteiger charge is 2.19. The number of aromatic hydroxyl groups is 2. The lowest BCUT2D eigenvalue weighted by Crippen LogP contribution is -2.37. The highest BCUT2D eigenvalue weighted by Crippen LogP contribution is 2.31. The molecule has 0 amide bonds.